The molecule has 0 atom stereocenters. The molecular formula is C10H13NO4S. The minimum atomic E-state index is -3.53. The number of β-amino-alcohol motifs (C(OH)–C–C–N with tert-alkyl or cyclic N) is 1. The first kappa shape index (κ1) is 11.4. The highest BCUT2D eigenvalue weighted by atomic mass is 32.2. The molecule has 1 heterocycles. The molecule has 0 saturated carbocycles. The summed E-state index contributed by atoms with van der Waals surface area (Å²) in [6.45, 7) is 0.306. The number of para-hydroxylation sites is 1. The molecule has 1 N–H and O–H groups in total. The molecular weight excluding hydrogens is 230 g/mol. The summed E-state index contributed by atoms with van der Waals surface area (Å²) in [7, 11) is -2.10. The van der Waals surface area contributed by atoms with Crippen LogP contribution in [-0.2, 0) is 10.0 Å². The average Bonchev–Trinajstić information content (AvgIpc) is 2.24. The van der Waals surface area contributed by atoms with E-state index in [4.69, 9.17) is 9.84 Å². The molecule has 1 aromatic rings. The van der Waals surface area contributed by atoms with E-state index in [1.54, 1.807) is 18.2 Å². The molecule has 6 heteroatoms. The number of benzene rings is 1. The predicted molar refractivity (Wildman–Crippen MR) is 57.8 cm³/mol. The molecule has 0 aromatic heterocycles. The van der Waals surface area contributed by atoms with Crippen LogP contribution in [0.4, 0.5) is 0 Å². The van der Waals surface area contributed by atoms with Crippen molar-refractivity contribution >= 4 is 10.0 Å². The lowest BCUT2D eigenvalue weighted by Gasteiger charge is -2.34. The number of nitrogens with zero attached hydrogens (tertiary/aromatic N) is 1. The van der Waals surface area contributed by atoms with Gasteiger partial charge in [-0.1, -0.05) is 12.1 Å². The Hall–Kier alpha value is -1.11. The molecule has 0 amide bonds. The van der Waals surface area contributed by atoms with Crippen molar-refractivity contribution in [3.63, 3.8) is 0 Å². The molecule has 2 rings (SSSR count). The first-order valence-corrected chi connectivity index (χ1v) is 6.31. The van der Waals surface area contributed by atoms with E-state index in [0.29, 0.717) is 5.75 Å². The van der Waals surface area contributed by atoms with Gasteiger partial charge < -0.3 is 9.84 Å². The number of ether oxygens (including phenoxy) is 1. The number of methoxy groups -OCH3 is 1. The van der Waals surface area contributed by atoms with Crippen LogP contribution in [0.25, 0.3) is 0 Å². The quantitative estimate of drug-likeness (QED) is 0.815. The molecule has 0 unspecified atom stereocenters. The molecule has 1 aliphatic heterocycles. The molecule has 88 valence electrons. The molecule has 0 radical (unpaired) electrons. The van der Waals surface area contributed by atoms with E-state index < -0.39 is 16.1 Å². The van der Waals surface area contributed by atoms with Crippen molar-refractivity contribution in [1.29, 1.82) is 0 Å². The van der Waals surface area contributed by atoms with Crippen LogP contribution in [0.2, 0.25) is 0 Å². The molecule has 16 heavy (non-hydrogen) atoms. The molecule has 1 fully saturated rings. The van der Waals surface area contributed by atoms with Crippen molar-refractivity contribution < 1.29 is 18.3 Å². The Morgan fingerprint density at radius 2 is 2.00 bits per heavy atom. The second kappa shape index (κ2) is 4.04. The summed E-state index contributed by atoms with van der Waals surface area (Å²) < 4.78 is 30.4. The van der Waals surface area contributed by atoms with E-state index in [9.17, 15) is 8.42 Å². The van der Waals surface area contributed by atoms with Crippen LogP contribution < -0.4 is 4.74 Å². The zero-order chi connectivity index (χ0) is 11.8. The third kappa shape index (κ3) is 1.79. The summed E-state index contributed by atoms with van der Waals surface area (Å²) in [5.74, 6) is 0.323. The summed E-state index contributed by atoms with van der Waals surface area (Å²) in [4.78, 5) is 0.143. The Labute approximate surface area is 94.3 Å². The number of rotatable bonds is 3. The summed E-state index contributed by atoms with van der Waals surface area (Å²) in [6, 6.07) is 6.45. The summed E-state index contributed by atoms with van der Waals surface area (Å²) in [6.07, 6.45) is -0.551. The van der Waals surface area contributed by atoms with E-state index in [1.807, 2.05) is 0 Å². The minimum Gasteiger partial charge on any atom is -0.495 e. The van der Waals surface area contributed by atoms with Gasteiger partial charge in [0.1, 0.15) is 10.6 Å². The molecule has 1 aliphatic rings. The van der Waals surface area contributed by atoms with E-state index in [2.05, 4.69) is 0 Å². The summed E-state index contributed by atoms with van der Waals surface area (Å²) >= 11 is 0. The molecule has 0 spiro atoms. The Balaban J connectivity index is 2.36. The maximum absolute atomic E-state index is 12.1. The van der Waals surface area contributed by atoms with E-state index in [1.165, 1.54) is 17.5 Å². The fourth-order valence-electron chi connectivity index (χ4n) is 1.58. The maximum Gasteiger partial charge on any atom is 0.246 e. The second-order valence-corrected chi connectivity index (χ2v) is 5.53. The predicted octanol–water partition coefficient (Wildman–Crippen LogP) is 0.0604. The zero-order valence-electron chi connectivity index (χ0n) is 8.83. The van der Waals surface area contributed by atoms with Gasteiger partial charge in [0.15, 0.2) is 0 Å². The zero-order valence-corrected chi connectivity index (χ0v) is 9.64. The van der Waals surface area contributed by atoms with Gasteiger partial charge >= 0.3 is 0 Å². The van der Waals surface area contributed by atoms with Crippen molar-refractivity contribution in [2.45, 2.75) is 11.0 Å². The van der Waals surface area contributed by atoms with Crippen molar-refractivity contribution in [2.24, 2.45) is 0 Å². The van der Waals surface area contributed by atoms with Crippen LogP contribution >= 0.6 is 0 Å². The van der Waals surface area contributed by atoms with Crippen LogP contribution in [0, 0.1) is 0 Å². The van der Waals surface area contributed by atoms with Crippen LogP contribution in [0.3, 0.4) is 0 Å². The van der Waals surface area contributed by atoms with Gasteiger partial charge in [-0.25, -0.2) is 8.42 Å². The van der Waals surface area contributed by atoms with Gasteiger partial charge in [-0.05, 0) is 12.1 Å². The number of sulfonamides is 1. The Kier molecular flexibility index (Phi) is 2.88. The highest BCUT2D eigenvalue weighted by molar-refractivity contribution is 7.89. The molecule has 1 aromatic carbocycles. The lowest BCUT2D eigenvalue weighted by molar-refractivity contribution is 0.0547. The SMILES string of the molecule is COc1ccccc1S(=O)(=O)N1CC(O)C1. The Morgan fingerprint density at radius 3 is 2.56 bits per heavy atom. The monoisotopic (exact) mass is 243 g/mol. The number of aliphatic hydroxyl groups excluding tert-OH is 1. The van der Waals surface area contributed by atoms with Crippen molar-refractivity contribution in [3.8, 4) is 5.75 Å². The first-order valence-electron chi connectivity index (χ1n) is 4.87. The summed E-state index contributed by atoms with van der Waals surface area (Å²) in [5, 5.41) is 9.12. The minimum absolute atomic E-state index is 0.143. The van der Waals surface area contributed by atoms with Crippen LogP contribution in [0.15, 0.2) is 29.2 Å². The van der Waals surface area contributed by atoms with Gasteiger partial charge in [0.25, 0.3) is 0 Å². The van der Waals surface area contributed by atoms with Crippen LogP contribution in [0.1, 0.15) is 0 Å². The topological polar surface area (TPSA) is 66.8 Å². The number of hydrogen-bond donors (Lipinski definition) is 1. The van der Waals surface area contributed by atoms with Gasteiger partial charge in [-0.2, -0.15) is 4.31 Å². The lowest BCUT2D eigenvalue weighted by atomic mass is 10.2. The Bertz CT molecular complexity index is 479. The Morgan fingerprint density at radius 1 is 1.38 bits per heavy atom. The highest BCUT2D eigenvalue weighted by Crippen LogP contribution is 2.28. The smallest absolute Gasteiger partial charge is 0.246 e. The van der Waals surface area contributed by atoms with Gasteiger partial charge in [-0.3, -0.25) is 0 Å². The fraction of sp³-hybridized carbons (Fsp3) is 0.400. The third-order valence-electron chi connectivity index (χ3n) is 2.52. The van der Waals surface area contributed by atoms with E-state index >= 15 is 0 Å². The maximum atomic E-state index is 12.1. The standard InChI is InChI=1S/C10H13NO4S/c1-15-9-4-2-3-5-10(9)16(13,14)11-6-8(12)7-11/h2-5,8,12H,6-7H2,1H3. The van der Waals surface area contributed by atoms with Crippen LogP contribution in [0.5, 0.6) is 5.75 Å². The van der Waals surface area contributed by atoms with Gasteiger partial charge in [0.2, 0.25) is 10.0 Å². The first-order chi connectivity index (χ1) is 7.55. The van der Waals surface area contributed by atoms with Gasteiger partial charge in [0.05, 0.1) is 13.2 Å². The number of aliphatic hydroxyl groups is 1. The van der Waals surface area contributed by atoms with E-state index in [-0.39, 0.29) is 18.0 Å². The molecule has 1 saturated heterocycles. The second-order valence-electron chi connectivity index (χ2n) is 3.63. The van der Waals surface area contributed by atoms with E-state index in [0.717, 1.165) is 0 Å². The normalized spacial score (nSPS) is 18.1. The van der Waals surface area contributed by atoms with Crippen molar-refractivity contribution in [1.82, 2.24) is 4.31 Å². The third-order valence-corrected chi connectivity index (χ3v) is 4.39. The average molecular weight is 243 g/mol. The number of hydrogen-bond acceptors (Lipinski definition) is 4. The lowest BCUT2D eigenvalue weighted by Crippen LogP contribution is -2.53. The van der Waals surface area contributed by atoms with Crippen LogP contribution in [-0.4, -0.2) is 44.1 Å². The van der Waals surface area contributed by atoms with Gasteiger partial charge in [-0.15, -0.1) is 0 Å². The molecule has 5 nitrogen and oxygen atoms in total. The van der Waals surface area contributed by atoms with Gasteiger partial charge in [0, 0.05) is 13.1 Å². The summed E-state index contributed by atoms with van der Waals surface area (Å²) in [5.41, 5.74) is 0. The molecule has 0 aliphatic carbocycles. The van der Waals surface area contributed by atoms with Crippen molar-refractivity contribution in [3.05, 3.63) is 24.3 Å². The van der Waals surface area contributed by atoms with Crippen molar-refractivity contribution in [2.75, 3.05) is 20.2 Å². The highest BCUT2D eigenvalue weighted by Gasteiger charge is 2.36. The molecule has 0 bridgehead atoms. The fourth-order valence-corrected chi connectivity index (χ4v) is 3.25. The largest absolute Gasteiger partial charge is 0.495 e.